The third-order valence-corrected chi connectivity index (χ3v) is 3.53. The number of carbonyl (C=O) groups is 3. The summed E-state index contributed by atoms with van der Waals surface area (Å²) in [4.78, 5) is 37.0. The summed E-state index contributed by atoms with van der Waals surface area (Å²) in [5.41, 5.74) is 5.54. The van der Waals surface area contributed by atoms with E-state index in [-0.39, 0.29) is 18.9 Å². The summed E-state index contributed by atoms with van der Waals surface area (Å²) in [6.45, 7) is 1.90. The van der Waals surface area contributed by atoms with E-state index in [1.165, 1.54) is 0 Å². The number of carbonyl (C=O) groups excluding carboxylic acids is 3. The number of rotatable bonds is 6. The second kappa shape index (κ2) is 8.88. The predicted octanol–water partition coefficient (Wildman–Crippen LogP) is 0.188. The Kier molecular flexibility index (Phi) is 6.56. The van der Waals surface area contributed by atoms with Crippen molar-refractivity contribution in [1.29, 1.82) is 0 Å². The fourth-order valence-electron chi connectivity index (χ4n) is 2.32. The maximum Gasteiger partial charge on any atom is 0.312 e. The minimum absolute atomic E-state index is 0.0570. The number of urea groups is 1. The minimum Gasteiger partial charge on any atom is -0.447 e. The third kappa shape index (κ3) is 5.24. The third-order valence-electron chi connectivity index (χ3n) is 3.53. The van der Waals surface area contributed by atoms with Crippen LogP contribution in [-0.4, -0.2) is 55.7 Å². The van der Waals surface area contributed by atoms with Gasteiger partial charge in [-0.1, -0.05) is 30.3 Å². The van der Waals surface area contributed by atoms with Gasteiger partial charge in [0.05, 0.1) is 19.6 Å². The van der Waals surface area contributed by atoms with Crippen LogP contribution < -0.4 is 11.1 Å². The van der Waals surface area contributed by atoms with Crippen LogP contribution in [0.15, 0.2) is 30.3 Å². The molecule has 0 bridgehead atoms. The number of nitrogens with two attached hydrogens (primary N) is 1. The number of esters is 1. The number of morpholine rings is 1. The van der Waals surface area contributed by atoms with Crippen LogP contribution in [-0.2, 0) is 19.1 Å². The predicted molar refractivity (Wildman–Crippen MR) is 84.9 cm³/mol. The first-order valence-corrected chi connectivity index (χ1v) is 7.72. The van der Waals surface area contributed by atoms with Gasteiger partial charge in [0, 0.05) is 25.2 Å². The molecule has 1 heterocycles. The summed E-state index contributed by atoms with van der Waals surface area (Å²) in [7, 11) is 0. The van der Waals surface area contributed by atoms with Crippen molar-refractivity contribution in [1.82, 2.24) is 10.2 Å². The summed E-state index contributed by atoms with van der Waals surface area (Å²) in [6, 6.07) is 8.12. The maximum absolute atomic E-state index is 12.7. The molecule has 1 aliphatic heterocycles. The van der Waals surface area contributed by atoms with Gasteiger partial charge in [0.1, 0.15) is 0 Å². The number of hydrogen-bond acceptors (Lipinski definition) is 5. The Labute approximate surface area is 139 Å². The average molecular weight is 335 g/mol. The molecule has 130 valence electrons. The van der Waals surface area contributed by atoms with E-state index in [1.54, 1.807) is 29.2 Å². The lowest BCUT2D eigenvalue weighted by molar-refractivity contribution is -0.162. The molecule has 0 spiro atoms. The van der Waals surface area contributed by atoms with Gasteiger partial charge in [0.2, 0.25) is 6.10 Å². The number of ether oxygens (including phenoxy) is 2. The number of benzene rings is 1. The first-order valence-electron chi connectivity index (χ1n) is 7.72. The van der Waals surface area contributed by atoms with E-state index in [9.17, 15) is 14.4 Å². The molecule has 2 rings (SSSR count). The summed E-state index contributed by atoms with van der Waals surface area (Å²) in [5, 5.41) is 2.31. The normalized spacial score (nSPS) is 15.4. The zero-order chi connectivity index (χ0) is 17.4. The molecule has 0 aliphatic carbocycles. The number of nitrogens with one attached hydrogen (secondary N) is 1. The molecular weight excluding hydrogens is 314 g/mol. The van der Waals surface area contributed by atoms with Crippen LogP contribution in [0.4, 0.5) is 4.79 Å². The smallest absolute Gasteiger partial charge is 0.312 e. The first-order chi connectivity index (χ1) is 11.6. The topological polar surface area (TPSA) is 111 Å². The van der Waals surface area contributed by atoms with Crippen molar-refractivity contribution in [3.63, 3.8) is 0 Å². The Hall–Kier alpha value is -2.61. The molecule has 1 aromatic carbocycles. The van der Waals surface area contributed by atoms with E-state index in [1.807, 2.05) is 6.07 Å². The molecule has 8 nitrogen and oxygen atoms in total. The molecule has 1 fully saturated rings. The van der Waals surface area contributed by atoms with Gasteiger partial charge in [-0.3, -0.25) is 9.59 Å². The monoisotopic (exact) mass is 335 g/mol. The van der Waals surface area contributed by atoms with E-state index >= 15 is 0 Å². The molecule has 3 N–H and O–H groups in total. The average Bonchev–Trinajstić information content (AvgIpc) is 2.60. The highest BCUT2D eigenvalue weighted by Gasteiger charge is 2.30. The largest absolute Gasteiger partial charge is 0.447 e. The molecule has 1 aliphatic rings. The Balaban J connectivity index is 2.04. The lowest BCUT2D eigenvalue weighted by Gasteiger charge is -2.30. The van der Waals surface area contributed by atoms with Gasteiger partial charge in [-0.05, 0) is 0 Å². The minimum atomic E-state index is -1.01. The quantitative estimate of drug-likeness (QED) is 0.721. The van der Waals surface area contributed by atoms with Crippen molar-refractivity contribution in [3.8, 4) is 0 Å². The molecule has 1 aromatic rings. The number of hydrogen-bond donors (Lipinski definition) is 2. The van der Waals surface area contributed by atoms with E-state index in [4.69, 9.17) is 15.2 Å². The summed E-state index contributed by atoms with van der Waals surface area (Å²) < 4.78 is 10.6. The van der Waals surface area contributed by atoms with Gasteiger partial charge in [-0.25, -0.2) is 4.79 Å². The van der Waals surface area contributed by atoms with E-state index in [2.05, 4.69) is 5.32 Å². The Bertz CT molecular complexity index is 572. The Morgan fingerprint density at radius 2 is 1.88 bits per heavy atom. The zero-order valence-corrected chi connectivity index (χ0v) is 13.3. The van der Waals surface area contributed by atoms with E-state index in [0.717, 1.165) is 0 Å². The van der Waals surface area contributed by atoms with Crippen molar-refractivity contribution in [2.45, 2.75) is 12.5 Å². The highest BCUT2D eigenvalue weighted by Crippen LogP contribution is 2.21. The van der Waals surface area contributed by atoms with Crippen LogP contribution in [0, 0.1) is 0 Å². The number of amides is 3. The van der Waals surface area contributed by atoms with Crippen LogP contribution >= 0.6 is 0 Å². The van der Waals surface area contributed by atoms with E-state index in [0.29, 0.717) is 31.9 Å². The van der Waals surface area contributed by atoms with Crippen LogP contribution in [0.3, 0.4) is 0 Å². The van der Waals surface area contributed by atoms with Crippen molar-refractivity contribution in [2.75, 3.05) is 32.8 Å². The lowest BCUT2D eigenvalue weighted by Crippen LogP contribution is -2.44. The van der Waals surface area contributed by atoms with Gasteiger partial charge in [-0.15, -0.1) is 0 Å². The highest BCUT2D eigenvalue weighted by atomic mass is 16.5. The molecule has 8 heteroatoms. The fraction of sp³-hybridized carbons (Fsp3) is 0.438. The molecular formula is C16H21N3O5. The Morgan fingerprint density at radius 1 is 1.21 bits per heavy atom. The van der Waals surface area contributed by atoms with Gasteiger partial charge >= 0.3 is 12.0 Å². The summed E-state index contributed by atoms with van der Waals surface area (Å²) >= 11 is 0. The first kappa shape index (κ1) is 17.7. The zero-order valence-electron chi connectivity index (χ0n) is 13.3. The molecule has 0 saturated carbocycles. The van der Waals surface area contributed by atoms with Crippen molar-refractivity contribution < 1.29 is 23.9 Å². The van der Waals surface area contributed by atoms with Gasteiger partial charge in [0.25, 0.3) is 5.91 Å². The molecule has 0 radical (unpaired) electrons. The molecule has 24 heavy (non-hydrogen) atoms. The Morgan fingerprint density at radius 3 is 2.50 bits per heavy atom. The van der Waals surface area contributed by atoms with Crippen molar-refractivity contribution >= 4 is 17.9 Å². The molecule has 3 amide bonds. The van der Waals surface area contributed by atoms with Crippen LogP contribution in [0.2, 0.25) is 0 Å². The van der Waals surface area contributed by atoms with Crippen LogP contribution in [0.1, 0.15) is 18.1 Å². The van der Waals surface area contributed by atoms with Crippen molar-refractivity contribution in [3.05, 3.63) is 35.9 Å². The molecule has 0 aromatic heterocycles. The fourth-order valence-corrected chi connectivity index (χ4v) is 2.32. The standard InChI is InChI=1S/C16H21N3O5/c17-16(22)18-7-6-13(20)24-14(12-4-2-1-3-5-12)15(21)19-8-10-23-11-9-19/h1-5,14H,6-11H2,(H3,17,18,22)/t14-/m1/s1. The lowest BCUT2D eigenvalue weighted by atomic mass is 10.1. The molecule has 1 saturated heterocycles. The highest BCUT2D eigenvalue weighted by molar-refractivity contribution is 5.85. The van der Waals surface area contributed by atoms with Gasteiger partial charge < -0.3 is 25.4 Å². The summed E-state index contributed by atoms with van der Waals surface area (Å²) in [6.07, 6.45) is -1.08. The van der Waals surface area contributed by atoms with Crippen molar-refractivity contribution in [2.24, 2.45) is 5.73 Å². The maximum atomic E-state index is 12.7. The molecule has 0 unspecified atom stereocenters. The number of nitrogens with zero attached hydrogens (tertiary/aromatic N) is 1. The SMILES string of the molecule is NC(=O)NCCC(=O)O[C@@H](C(=O)N1CCOCC1)c1ccccc1. The summed E-state index contributed by atoms with van der Waals surface area (Å²) in [5.74, 6) is -0.861. The number of primary amides is 1. The van der Waals surface area contributed by atoms with Crippen LogP contribution in [0.5, 0.6) is 0 Å². The van der Waals surface area contributed by atoms with Gasteiger partial charge in [-0.2, -0.15) is 0 Å². The van der Waals surface area contributed by atoms with E-state index < -0.39 is 18.1 Å². The van der Waals surface area contributed by atoms with Gasteiger partial charge in [0.15, 0.2) is 0 Å². The molecule has 1 atom stereocenters. The second-order valence-electron chi connectivity index (χ2n) is 5.26. The second-order valence-corrected chi connectivity index (χ2v) is 5.26. The van der Waals surface area contributed by atoms with Crippen LogP contribution in [0.25, 0.3) is 0 Å².